The molecule has 2 aromatic rings. The topological polar surface area (TPSA) is 71.7 Å². The van der Waals surface area contributed by atoms with E-state index in [1.807, 2.05) is 17.5 Å². The molecule has 0 saturated carbocycles. The molecule has 2 N–H and O–H groups in total. The second-order valence-corrected chi connectivity index (χ2v) is 5.17. The first-order valence-electron chi connectivity index (χ1n) is 6.55. The number of aliphatic hydroxyl groups is 1. The van der Waals surface area contributed by atoms with Crippen molar-refractivity contribution in [3.8, 4) is 0 Å². The van der Waals surface area contributed by atoms with E-state index in [1.165, 1.54) is 6.08 Å². The smallest absolute Gasteiger partial charge is 0.244 e. The van der Waals surface area contributed by atoms with Gasteiger partial charge in [-0.25, -0.2) is 0 Å². The Kier molecular flexibility index (Phi) is 6.21. The maximum Gasteiger partial charge on any atom is 0.244 e. The van der Waals surface area contributed by atoms with Gasteiger partial charge in [-0.3, -0.25) is 4.79 Å². The second-order valence-electron chi connectivity index (χ2n) is 4.19. The van der Waals surface area contributed by atoms with E-state index in [-0.39, 0.29) is 25.2 Å². The molecule has 2 heterocycles. The van der Waals surface area contributed by atoms with Gasteiger partial charge in [-0.05, 0) is 29.7 Å². The van der Waals surface area contributed by atoms with Crippen molar-refractivity contribution in [1.29, 1.82) is 0 Å². The van der Waals surface area contributed by atoms with Crippen molar-refractivity contribution in [2.75, 3.05) is 19.8 Å². The first kappa shape index (κ1) is 15.5. The lowest BCUT2D eigenvalue weighted by molar-refractivity contribution is -0.117. The lowest BCUT2D eigenvalue weighted by Crippen LogP contribution is -2.28. The largest absolute Gasteiger partial charge is 0.465 e. The Morgan fingerprint density at radius 2 is 2.38 bits per heavy atom. The zero-order chi connectivity index (χ0) is 14.9. The number of thiophene rings is 1. The molecule has 0 saturated heterocycles. The first-order chi connectivity index (χ1) is 10.3. The van der Waals surface area contributed by atoms with Gasteiger partial charge in [0.15, 0.2) is 0 Å². The Morgan fingerprint density at radius 1 is 1.48 bits per heavy atom. The standard InChI is InChI=1S/C15H17NO4S/c17-7-9-20-13(14-4-2-10-21-14)11-16-15(18)6-5-12-3-1-8-19-12/h1-6,8,10,13,17H,7,9,11H2,(H,16,18)/b6-5+/t13-/m1/s1. The van der Waals surface area contributed by atoms with E-state index in [9.17, 15) is 4.79 Å². The van der Waals surface area contributed by atoms with Gasteiger partial charge in [-0.2, -0.15) is 0 Å². The van der Waals surface area contributed by atoms with Gasteiger partial charge in [0.05, 0.1) is 19.5 Å². The Labute approximate surface area is 126 Å². The normalized spacial score (nSPS) is 12.6. The maximum atomic E-state index is 11.7. The van der Waals surface area contributed by atoms with Crippen LogP contribution in [0.2, 0.25) is 0 Å². The van der Waals surface area contributed by atoms with Gasteiger partial charge in [0.2, 0.25) is 5.91 Å². The minimum absolute atomic E-state index is 0.0474. The molecule has 2 rings (SSSR count). The van der Waals surface area contributed by atoms with E-state index in [0.717, 1.165) is 4.88 Å². The number of rotatable bonds is 8. The molecule has 0 unspecified atom stereocenters. The minimum atomic E-state index is -0.252. The monoisotopic (exact) mass is 307 g/mol. The molecule has 0 spiro atoms. The maximum absolute atomic E-state index is 11.7. The molecule has 0 radical (unpaired) electrons. The lowest BCUT2D eigenvalue weighted by Gasteiger charge is -2.16. The van der Waals surface area contributed by atoms with Crippen molar-refractivity contribution in [2.45, 2.75) is 6.10 Å². The van der Waals surface area contributed by atoms with Crippen LogP contribution in [0.25, 0.3) is 6.08 Å². The number of hydrogen-bond acceptors (Lipinski definition) is 5. The summed E-state index contributed by atoms with van der Waals surface area (Å²) in [4.78, 5) is 12.8. The second kappa shape index (κ2) is 8.41. The van der Waals surface area contributed by atoms with Crippen molar-refractivity contribution in [1.82, 2.24) is 5.32 Å². The highest BCUT2D eigenvalue weighted by molar-refractivity contribution is 7.10. The molecular formula is C15H17NO4S. The van der Waals surface area contributed by atoms with Crippen molar-refractivity contribution >= 4 is 23.3 Å². The summed E-state index contributed by atoms with van der Waals surface area (Å²) in [5.41, 5.74) is 0. The van der Waals surface area contributed by atoms with E-state index in [0.29, 0.717) is 12.3 Å². The molecule has 0 aliphatic heterocycles. The van der Waals surface area contributed by atoms with E-state index < -0.39 is 0 Å². The predicted molar refractivity (Wildman–Crippen MR) is 80.8 cm³/mol. The number of carbonyl (C=O) groups is 1. The van der Waals surface area contributed by atoms with Gasteiger partial charge in [-0.15, -0.1) is 11.3 Å². The van der Waals surface area contributed by atoms with Crippen LogP contribution < -0.4 is 5.32 Å². The van der Waals surface area contributed by atoms with Gasteiger partial charge in [0.1, 0.15) is 11.9 Å². The third-order valence-corrected chi connectivity index (χ3v) is 3.64. The van der Waals surface area contributed by atoms with Gasteiger partial charge in [0, 0.05) is 17.5 Å². The predicted octanol–water partition coefficient (Wildman–Crippen LogP) is 2.22. The molecule has 2 aromatic heterocycles. The Balaban J connectivity index is 1.84. The van der Waals surface area contributed by atoms with Crippen LogP contribution in [-0.2, 0) is 9.53 Å². The molecule has 1 atom stereocenters. The van der Waals surface area contributed by atoms with Crippen LogP contribution in [0.15, 0.2) is 46.4 Å². The van der Waals surface area contributed by atoms with Crippen LogP contribution in [0, 0.1) is 0 Å². The number of furan rings is 1. The van der Waals surface area contributed by atoms with Crippen LogP contribution in [0.3, 0.4) is 0 Å². The van der Waals surface area contributed by atoms with Crippen molar-refractivity contribution in [2.24, 2.45) is 0 Å². The number of amides is 1. The molecule has 1 amide bonds. The van der Waals surface area contributed by atoms with Crippen LogP contribution in [0.4, 0.5) is 0 Å². The molecule has 0 aliphatic carbocycles. The zero-order valence-electron chi connectivity index (χ0n) is 11.4. The fraction of sp³-hybridized carbons (Fsp3) is 0.267. The van der Waals surface area contributed by atoms with Gasteiger partial charge in [-0.1, -0.05) is 6.07 Å². The van der Waals surface area contributed by atoms with E-state index in [1.54, 1.807) is 35.8 Å². The van der Waals surface area contributed by atoms with E-state index in [4.69, 9.17) is 14.3 Å². The summed E-state index contributed by atoms with van der Waals surface area (Å²) in [7, 11) is 0. The molecule has 5 nitrogen and oxygen atoms in total. The first-order valence-corrected chi connectivity index (χ1v) is 7.43. The minimum Gasteiger partial charge on any atom is -0.465 e. The highest BCUT2D eigenvalue weighted by Gasteiger charge is 2.13. The van der Waals surface area contributed by atoms with Crippen molar-refractivity contribution in [3.63, 3.8) is 0 Å². The highest BCUT2D eigenvalue weighted by atomic mass is 32.1. The van der Waals surface area contributed by atoms with Crippen molar-refractivity contribution < 1.29 is 19.1 Å². The quantitative estimate of drug-likeness (QED) is 0.734. The van der Waals surface area contributed by atoms with Crippen LogP contribution >= 0.6 is 11.3 Å². The molecule has 0 fully saturated rings. The van der Waals surface area contributed by atoms with E-state index in [2.05, 4.69) is 5.32 Å². The van der Waals surface area contributed by atoms with Crippen LogP contribution in [0.5, 0.6) is 0 Å². The Morgan fingerprint density at radius 3 is 3.05 bits per heavy atom. The molecule has 0 bridgehead atoms. The van der Waals surface area contributed by atoms with Crippen LogP contribution in [-0.4, -0.2) is 30.8 Å². The molecule has 0 aromatic carbocycles. The lowest BCUT2D eigenvalue weighted by atomic mass is 10.3. The third kappa shape index (κ3) is 5.18. The molecule has 0 aliphatic rings. The van der Waals surface area contributed by atoms with Crippen LogP contribution in [0.1, 0.15) is 16.7 Å². The van der Waals surface area contributed by atoms with Gasteiger partial charge >= 0.3 is 0 Å². The summed E-state index contributed by atoms with van der Waals surface area (Å²) in [6.07, 6.45) is 4.31. The Hall–Kier alpha value is -1.89. The Bertz CT molecular complexity index is 548. The summed E-state index contributed by atoms with van der Waals surface area (Å²) in [5, 5.41) is 13.6. The molecule has 21 heavy (non-hydrogen) atoms. The number of hydrogen-bond donors (Lipinski definition) is 2. The third-order valence-electron chi connectivity index (χ3n) is 2.67. The summed E-state index contributed by atoms with van der Waals surface area (Å²) in [6, 6.07) is 7.39. The zero-order valence-corrected chi connectivity index (χ0v) is 12.2. The number of carbonyl (C=O) groups excluding carboxylic acids is 1. The fourth-order valence-electron chi connectivity index (χ4n) is 1.71. The molecular weight excluding hydrogens is 290 g/mol. The SMILES string of the molecule is O=C(/C=C/c1ccco1)NC[C@@H](OCCO)c1cccs1. The average Bonchev–Trinajstić information content (AvgIpc) is 3.18. The summed E-state index contributed by atoms with van der Waals surface area (Å²) in [5.74, 6) is 0.400. The van der Waals surface area contributed by atoms with Gasteiger partial charge < -0.3 is 19.6 Å². The molecule has 112 valence electrons. The van der Waals surface area contributed by atoms with Gasteiger partial charge in [0.25, 0.3) is 0 Å². The fourth-order valence-corrected chi connectivity index (χ4v) is 2.48. The van der Waals surface area contributed by atoms with E-state index >= 15 is 0 Å². The summed E-state index contributed by atoms with van der Waals surface area (Å²) < 4.78 is 10.6. The molecule has 6 heteroatoms. The summed E-state index contributed by atoms with van der Waals surface area (Å²) in [6.45, 7) is 0.538. The number of aliphatic hydroxyl groups excluding tert-OH is 1. The highest BCUT2D eigenvalue weighted by Crippen LogP contribution is 2.21. The average molecular weight is 307 g/mol. The summed E-state index contributed by atoms with van der Waals surface area (Å²) >= 11 is 1.55. The number of ether oxygens (including phenoxy) is 1. The van der Waals surface area contributed by atoms with Crippen molar-refractivity contribution in [3.05, 3.63) is 52.6 Å². The number of nitrogens with one attached hydrogen (secondary N) is 1.